The van der Waals surface area contributed by atoms with Crippen LogP contribution in [0.1, 0.15) is 67.4 Å². The monoisotopic (exact) mass is 558 g/mol. The Kier molecular flexibility index (Phi) is 4.24. The molecule has 0 bridgehead atoms. The van der Waals surface area contributed by atoms with E-state index in [4.69, 9.17) is 21.7 Å². The van der Waals surface area contributed by atoms with Gasteiger partial charge in [-0.15, -0.1) is 0 Å². The second-order valence-electron chi connectivity index (χ2n) is 13.8. The number of fused-ring (bicyclic) bond motifs is 7. The second kappa shape index (κ2) is 7.50. The molecular weight excluding hydrogens is 526 g/mol. The van der Waals surface area contributed by atoms with Crippen LogP contribution in [-0.4, -0.2) is 23.6 Å². The molecule has 0 spiro atoms. The number of aromatic nitrogens is 4. The fourth-order valence-corrected chi connectivity index (χ4v) is 9.63. The van der Waals surface area contributed by atoms with Gasteiger partial charge in [0, 0.05) is 30.7 Å². The zero-order valence-corrected chi connectivity index (χ0v) is 24.9. The minimum absolute atomic E-state index is 0.0232. The minimum Gasteiger partial charge on any atom is -0.260 e. The largest absolute Gasteiger partial charge is 0.485 e. The van der Waals surface area contributed by atoms with Gasteiger partial charge >= 0.3 is 17.2 Å². The quantitative estimate of drug-likeness (QED) is 0.252. The fourth-order valence-electron chi connectivity index (χ4n) is 9.63. The molecular formula is C35H32B2N6+2. The molecule has 3 heterocycles. The first kappa shape index (κ1) is 24.3. The van der Waals surface area contributed by atoms with Crippen molar-refractivity contribution >= 4 is 24.4 Å². The maximum absolute atomic E-state index is 7.93. The summed E-state index contributed by atoms with van der Waals surface area (Å²) in [7, 11) is 0. The Balaban J connectivity index is 1.42. The third-order valence-electron chi connectivity index (χ3n) is 11.1. The van der Waals surface area contributed by atoms with E-state index >= 15 is 0 Å². The van der Waals surface area contributed by atoms with Gasteiger partial charge in [0.1, 0.15) is 0 Å². The third-order valence-corrected chi connectivity index (χ3v) is 11.1. The van der Waals surface area contributed by atoms with Crippen LogP contribution >= 0.6 is 0 Å². The lowest BCUT2D eigenvalue weighted by Crippen LogP contribution is -2.82. The number of rotatable bonds is 2. The number of hydrogen-bond donors (Lipinski definition) is 2. The lowest BCUT2D eigenvalue weighted by atomic mass is 9.46. The highest BCUT2D eigenvalue weighted by Crippen LogP contribution is 2.59. The molecule has 43 heavy (non-hydrogen) atoms. The minimum atomic E-state index is -0.987. The van der Waals surface area contributed by atoms with E-state index in [2.05, 4.69) is 97.3 Å². The average Bonchev–Trinajstić information content (AvgIpc) is 3.34. The number of hydrogen-bond acceptors (Lipinski definition) is 4. The third kappa shape index (κ3) is 2.49. The van der Waals surface area contributed by atoms with Gasteiger partial charge in [-0.05, 0) is 57.3 Å². The van der Waals surface area contributed by atoms with E-state index in [1.807, 2.05) is 0 Å². The summed E-state index contributed by atoms with van der Waals surface area (Å²) >= 11 is 0. The molecule has 206 valence electrons. The molecule has 6 nitrogen and oxygen atoms in total. The molecule has 3 aliphatic carbocycles. The number of nitrogens with zero attached hydrogens (tertiary/aromatic N) is 4. The zero-order chi connectivity index (χ0) is 29.2. The SMILES string of the molecule is CB(C)c1cccc2c1C1(N)c3c(ccc4c3C3c5c-4ccc4c5C(N)(c5c(cccc5B(C)C)C4)[n+]4ncn[n+]1c43)C2. The molecule has 2 aliphatic heterocycles. The van der Waals surface area contributed by atoms with Crippen LogP contribution in [0.4, 0.5) is 0 Å². The van der Waals surface area contributed by atoms with Crippen molar-refractivity contribution in [2.45, 2.75) is 57.4 Å². The Morgan fingerprint density at radius 3 is 1.51 bits per heavy atom. The van der Waals surface area contributed by atoms with Crippen molar-refractivity contribution in [2.75, 3.05) is 0 Å². The molecule has 10 rings (SSSR count). The smallest absolute Gasteiger partial charge is 0.260 e. The normalized spacial score (nSPS) is 23.3. The molecule has 8 heteroatoms. The summed E-state index contributed by atoms with van der Waals surface area (Å²) in [5, 5.41) is 10.1. The molecule has 2 unspecified atom stereocenters. The van der Waals surface area contributed by atoms with Crippen molar-refractivity contribution < 1.29 is 9.36 Å². The van der Waals surface area contributed by atoms with Gasteiger partial charge in [0.15, 0.2) is 19.3 Å². The Bertz CT molecular complexity index is 2010. The summed E-state index contributed by atoms with van der Waals surface area (Å²) < 4.78 is 4.21. The van der Waals surface area contributed by atoms with Gasteiger partial charge in [-0.2, -0.15) is 0 Å². The van der Waals surface area contributed by atoms with Crippen LogP contribution < -0.4 is 31.8 Å². The molecule has 0 amide bonds. The van der Waals surface area contributed by atoms with Crippen LogP contribution in [0.25, 0.3) is 11.1 Å². The molecule has 0 saturated carbocycles. The molecule has 4 aromatic carbocycles. The Labute approximate surface area is 251 Å². The van der Waals surface area contributed by atoms with Gasteiger partial charge in [-0.1, -0.05) is 98.9 Å². The summed E-state index contributed by atoms with van der Waals surface area (Å²) in [4.78, 5) is 0. The maximum Gasteiger partial charge on any atom is 0.485 e. The van der Waals surface area contributed by atoms with Gasteiger partial charge in [0.05, 0.1) is 11.1 Å². The highest BCUT2D eigenvalue weighted by Gasteiger charge is 2.70. The van der Waals surface area contributed by atoms with E-state index in [-0.39, 0.29) is 5.92 Å². The molecule has 2 atom stereocenters. The lowest BCUT2D eigenvalue weighted by Gasteiger charge is -2.42. The van der Waals surface area contributed by atoms with Crippen molar-refractivity contribution in [1.82, 2.24) is 10.2 Å². The first-order valence-corrected chi connectivity index (χ1v) is 15.6. The first-order valence-electron chi connectivity index (χ1n) is 15.6. The Hall–Kier alpha value is -4.13. The van der Waals surface area contributed by atoms with E-state index in [9.17, 15) is 0 Å². The predicted molar refractivity (Wildman–Crippen MR) is 169 cm³/mol. The van der Waals surface area contributed by atoms with Crippen molar-refractivity contribution in [3.05, 3.63) is 128 Å². The zero-order valence-electron chi connectivity index (χ0n) is 24.9. The predicted octanol–water partition coefficient (Wildman–Crippen LogP) is 1.99. The standard InChI is InChI=1S/C35H32B2N6/c1-36(2)24-9-5-7-18-15-20-11-13-22-23-14-12-21-16-19-8-6-10-25(37(3)4)30(19)35(39)32(21)27(23)28-26(22)31(20)34(38,29(18)24)42-33(28)43(35)41-17-40-42/h5-14,17,28H,15-16,38-39H2,1-4H3/q+2. The summed E-state index contributed by atoms with van der Waals surface area (Å²) in [5.41, 5.74) is 31.5. The van der Waals surface area contributed by atoms with Crippen LogP contribution in [0.2, 0.25) is 27.3 Å². The average molecular weight is 558 g/mol. The van der Waals surface area contributed by atoms with Crippen LogP contribution in [0.15, 0.2) is 67.0 Å². The summed E-state index contributed by atoms with van der Waals surface area (Å²) in [5.74, 6) is 0.949. The molecule has 0 saturated heterocycles. The Morgan fingerprint density at radius 1 is 0.628 bits per heavy atom. The molecule has 5 aliphatic rings. The maximum atomic E-state index is 7.93. The molecule has 4 N–H and O–H groups in total. The van der Waals surface area contributed by atoms with Gasteiger partial charge in [-0.25, -0.2) is 0 Å². The topological polar surface area (TPSA) is 85.6 Å². The van der Waals surface area contributed by atoms with Crippen molar-refractivity contribution in [1.29, 1.82) is 0 Å². The van der Waals surface area contributed by atoms with Gasteiger partial charge < -0.3 is 0 Å². The number of nitrogens with two attached hydrogens (primary N) is 2. The molecule has 1 aromatic heterocycles. The first-order chi connectivity index (χ1) is 20.8. The molecule has 5 aromatic rings. The van der Waals surface area contributed by atoms with Crippen molar-refractivity contribution in [3.8, 4) is 11.1 Å². The Morgan fingerprint density at radius 2 is 1.07 bits per heavy atom. The lowest BCUT2D eigenvalue weighted by molar-refractivity contribution is -0.933. The van der Waals surface area contributed by atoms with Crippen LogP contribution in [0.3, 0.4) is 0 Å². The summed E-state index contributed by atoms with van der Waals surface area (Å²) in [6.45, 7) is 9.65. The molecule has 0 fully saturated rings. The molecule has 0 radical (unpaired) electrons. The second-order valence-corrected chi connectivity index (χ2v) is 13.8. The van der Waals surface area contributed by atoms with E-state index in [0.29, 0.717) is 13.4 Å². The van der Waals surface area contributed by atoms with Crippen molar-refractivity contribution in [2.24, 2.45) is 11.5 Å². The highest BCUT2D eigenvalue weighted by molar-refractivity contribution is 6.71. The van der Waals surface area contributed by atoms with E-state index in [0.717, 1.165) is 18.7 Å². The summed E-state index contributed by atoms with van der Waals surface area (Å²) in [6, 6.07) is 22.6. The van der Waals surface area contributed by atoms with E-state index in [1.165, 1.54) is 77.7 Å². The van der Waals surface area contributed by atoms with Crippen molar-refractivity contribution in [3.63, 3.8) is 0 Å². The van der Waals surface area contributed by atoms with E-state index < -0.39 is 11.3 Å². The summed E-state index contributed by atoms with van der Waals surface area (Å²) in [6.07, 6.45) is 3.40. The van der Waals surface area contributed by atoms with Crippen LogP contribution in [0.5, 0.6) is 0 Å². The van der Waals surface area contributed by atoms with Crippen LogP contribution in [0, 0.1) is 0 Å². The van der Waals surface area contributed by atoms with Gasteiger partial charge in [-0.3, -0.25) is 11.5 Å². The van der Waals surface area contributed by atoms with E-state index in [1.54, 1.807) is 6.33 Å². The fraction of sp³-hybridized carbons (Fsp3) is 0.257. The number of benzene rings is 4. The van der Waals surface area contributed by atoms with Gasteiger partial charge in [0.2, 0.25) is 6.33 Å². The highest BCUT2D eigenvalue weighted by atomic mass is 15.5. The van der Waals surface area contributed by atoms with Crippen LogP contribution in [-0.2, 0) is 24.2 Å². The van der Waals surface area contributed by atoms with Gasteiger partial charge in [0.25, 0.3) is 0 Å².